The fraction of sp³-hybridized carbons (Fsp3) is 0.529. The van der Waals surface area contributed by atoms with Crippen LogP contribution in [0.25, 0.3) is 0 Å². The van der Waals surface area contributed by atoms with Gasteiger partial charge in [-0.15, -0.1) is 0 Å². The van der Waals surface area contributed by atoms with Crippen LogP contribution in [-0.2, 0) is 25.8 Å². The van der Waals surface area contributed by atoms with Crippen molar-refractivity contribution in [1.29, 1.82) is 5.26 Å². The Balaban J connectivity index is 2.50. The molecule has 23 heavy (non-hydrogen) atoms. The third kappa shape index (κ3) is 2.74. The molecule has 0 unspecified atom stereocenters. The van der Waals surface area contributed by atoms with Gasteiger partial charge in [0.2, 0.25) is 0 Å². The van der Waals surface area contributed by atoms with Gasteiger partial charge in [0.15, 0.2) is 15.3 Å². The van der Waals surface area contributed by atoms with Crippen molar-refractivity contribution in [2.75, 3.05) is 12.4 Å². The highest BCUT2D eigenvalue weighted by atomic mass is 32.2. The molecule has 0 heterocycles. The lowest BCUT2D eigenvalue weighted by molar-refractivity contribution is -0.147. The van der Waals surface area contributed by atoms with Gasteiger partial charge in [0.05, 0.1) is 12.7 Å². The van der Waals surface area contributed by atoms with E-state index in [-0.39, 0.29) is 12.4 Å². The summed E-state index contributed by atoms with van der Waals surface area (Å²) in [4.78, 5) is 12.3. The highest BCUT2D eigenvalue weighted by Crippen LogP contribution is 2.63. The molecule has 6 heteroatoms. The fourth-order valence-electron chi connectivity index (χ4n) is 3.10. The second-order valence-corrected chi connectivity index (χ2v) is 8.06. The quantitative estimate of drug-likeness (QED) is 0.744. The maximum Gasteiger partial charge on any atom is 0.328 e. The molecule has 0 bridgehead atoms. The summed E-state index contributed by atoms with van der Waals surface area (Å²) in [7, 11) is -3.54. The van der Waals surface area contributed by atoms with Crippen LogP contribution in [0.3, 0.4) is 0 Å². The van der Waals surface area contributed by atoms with E-state index in [1.807, 2.05) is 25.1 Å². The molecule has 5 nitrogen and oxygen atoms in total. The summed E-state index contributed by atoms with van der Waals surface area (Å²) in [6.45, 7) is 5.30. The highest BCUT2D eigenvalue weighted by molar-refractivity contribution is 7.92. The molecule has 1 saturated carbocycles. The van der Waals surface area contributed by atoms with Gasteiger partial charge >= 0.3 is 5.97 Å². The standard InChI is InChI=1S/C17H21NO4S/c1-4-12-7-9-13(10-8-12)14-15(23(20,21)6-3)17(14,11-18)16(19)22-5-2/h7-10,14-15H,4-6H2,1-3H3/t14-,15+,17+/m0/s1. The first kappa shape index (κ1) is 17.5. The number of sulfone groups is 1. The zero-order valence-electron chi connectivity index (χ0n) is 13.6. The van der Waals surface area contributed by atoms with Crippen LogP contribution in [-0.4, -0.2) is 32.0 Å². The van der Waals surface area contributed by atoms with Crippen LogP contribution in [0, 0.1) is 16.7 Å². The summed E-state index contributed by atoms with van der Waals surface area (Å²) >= 11 is 0. The largest absolute Gasteiger partial charge is 0.465 e. The third-order valence-corrected chi connectivity index (χ3v) is 6.69. The summed E-state index contributed by atoms with van der Waals surface area (Å²) in [6, 6.07) is 9.36. The first-order valence-corrected chi connectivity index (χ1v) is 9.49. The van der Waals surface area contributed by atoms with Crippen LogP contribution in [0.4, 0.5) is 0 Å². The number of aryl methyl sites for hydroxylation is 1. The molecule has 0 amide bonds. The maximum atomic E-state index is 12.4. The molecular formula is C17H21NO4S. The lowest BCUT2D eigenvalue weighted by atomic mass is 9.99. The van der Waals surface area contributed by atoms with Gasteiger partial charge < -0.3 is 4.74 Å². The number of nitrogens with zero attached hydrogens (tertiary/aromatic N) is 1. The van der Waals surface area contributed by atoms with E-state index in [0.717, 1.165) is 12.0 Å². The summed E-state index contributed by atoms with van der Waals surface area (Å²) in [6.07, 6.45) is 0.864. The smallest absolute Gasteiger partial charge is 0.328 e. The predicted octanol–water partition coefficient (Wildman–Crippen LogP) is 2.22. The van der Waals surface area contributed by atoms with Crippen molar-refractivity contribution >= 4 is 15.8 Å². The Morgan fingerprint density at radius 2 is 1.87 bits per heavy atom. The van der Waals surface area contributed by atoms with Crippen LogP contribution in [0.1, 0.15) is 37.8 Å². The van der Waals surface area contributed by atoms with Crippen molar-refractivity contribution < 1.29 is 17.9 Å². The highest BCUT2D eigenvalue weighted by Gasteiger charge is 2.77. The number of esters is 1. The van der Waals surface area contributed by atoms with Crippen LogP contribution < -0.4 is 0 Å². The van der Waals surface area contributed by atoms with Crippen molar-refractivity contribution in [2.45, 2.75) is 38.4 Å². The van der Waals surface area contributed by atoms with E-state index >= 15 is 0 Å². The van der Waals surface area contributed by atoms with Crippen LogP contribution >= 0.6 is 0 Å². The molecule has 0 saturated heterocycles. The van der Waals surface area contributed by atoms with Gasteiger partial charge in [-0.25, -0.2) is 8.42 Å². The van der Waals surface area contributed by atoms with Gasteiger partial charge in [-0.1, -0.05) is 38.1 Å². The van der Waals surface area contributed by atoms with E-state index in [1.165, 1.54) is 6.92 Å². The number of nitriles is 1. The monoisotopic (exact) mass is 335 g/mol. The molecule has 0 aliphatic heterocycles. The Hall–Kier alpha value is -1.87. The Morgan fingerprint density at radius 1 is 1.26 bits per heavy atom. The van der Waals surface area contributed by atoms with Crippen LogP contribution in [0.5, 0.6) is 0 Å². The average molecular weight is 335 g/mol. The Bertz CT molecular complexity index is 733. The summed E-state index contributed by atoms with van der Waals surface area (Å²) < 4.78 is 29.8. The molecule has 1 aliphatic carbocycles. The van der Waals surface area contributed by atoms with E-state index in [9.17, 15) is 18.5 Å². The minimum absolute atomic E-state index is 0.107. The predicted molar refractivity (Wildman–Crippen MR) is 86.5 cm³/mol. The number of benzene rings is 1. The van der Waals surface area contributed by atoms with Crippen molar-refractivity contribution in [3.8, 4) is 6.07 Å². The van der Waals surface area contributed by atoms with Crippen molar-refractivity contribution in [3.63, 3.8) is 0 Å². The van der Waals surface area contributed by atoms with E-state index in [1.54, 1.807) is 19.1 Å². The van der Waals surface area contributed by atoms with Crippen molar-refractivity contribution in [2.24, 2.45) is 5.41 Å². The van der Waals surface area contributed by atoms with Gasteiger partial charge in [0.25, 0.3) is 0 Å². The van der Waals surface area contributed by atoms with Crippen LogP contribution in [0.2, 0.25) is 0 Å². The first-order chi connectivity index (χ1) is 10.9. The number of ether oxygens (including phenoxy) is 1. The summed E-state index contributed by atoms with van der Waals surface area (Å²) in [5.41, 5.74) is 0.181. The first-order valence-electron chi connectivity index (χ1n) is 7.77. The zero-order valence-corrected chi connectivity index (χ0v) is 14.4. The normalized spacial score (nSPS) is 26.3. The molecule has 1 aliphatic rings. The topological polar surface area (TPSA) is 84.2 Å². The van der Waals surface area contributed by atoms with Crippen molar-refractivity contribution in [3.05, 3.63) is 35.4 Å². The molecule has 1 aromatic rings. The number of hydrogen-bond donors (Lipinski definition) is 0. The average Bonchev–Trinajstić information content (AvgIpc) is 3.26. The molecular weight excluding hydrogens is 314 g/mol. The van der Waals surface area contributed by atoms with E-state index in [4.69, 9.17) is 4.74 Å². The lowest BCUT2D eigenvalue weighted by Gasteiger charge is -2.08. The summed E-state index contributed by atoms with van der Waals surface area (Å²) in [5, 5.41) is 8.57. The summed E-state index contributed by atoms with van der Waals surface area (Å²) in [5.74, 6) is -1.51. The van der Waals surface area contributed by atoms with Gasteiger partial charge in [-0.2, -0.15) is 5.26 Å². The third-order valence-electron chi connectivity index (χ3n) is 4.47. The fourth-order valence-corrected chi connectivity index (χ4v) is 5.03. The van der Waals surface area contributed by atoms with Crippen LogP contribution in [0.15, 0.2) is 24.3 Å². The zero-order chi connectivity index (χ0) is 17.3. The number of carbonyl (C=O) groups is 1. The second-order valence-electron chi connectivity index (χ2n) is 5.65. The maximum absolute atomic E-state index is 12.4. The molecule has 1 fully saturated rings. The minimum Gasteiger partial charge on any atom is -0.465 e. The molecule has 0 radical (unpaired) electrons. The SMILES string of the molecule is CCOC(=O)[C@@]1(C#N)[C@H](S(=O)(=O)CC)[C@@H]1c1ccc(CC)cc1. The molecule has 0 aromatic heterocycles. The molecule has 124 valence electrons. The van der Waals surface area contributed by atoms with Crippen molar-refractivity contribution in [1.82, 2.24) is 0 Å². The molecule has 0 N–H and O–H groups in total. The lowest BCUT2D eigenvalue weighted by Crippen LogP contribution is -2.26. The van der Waals surface area contributed by atoms with Gasteiger partial charge in [0.1, 0.15) is 5.25 Å². The Labute approximate surface area is 137 Å². The number of rotatable bonds is 6. The Kier molecular flexibility index (Phi) is 4.81. The second kappa shape index (κ2) is 6.32. The minimum atomic E-state index is -3.54. The number of hydrogen-bond acceptors (Lipinski definition) is 5. The Morgan fingerprint density at radius 3 is 2.30 bits per heavy atom. The van der Waals surface area contributed by atoms with Gasteiger partial charge in [0, 0.05) is 11.7 Å². The van der Waals surface area contributed by atoms with E-state index in [0.29, 0.717) is 5.56 Å². The number of carbonyl (C=O) groups excluding carboxylic acids is 1. The van der Waals surface area contributed by atoms with Gasteiger partial charge in [-0.3, -0.25) is 4.79 Å². The van der Waals surface area contributed by atoms with E-state index in [2.05, 4.69) is 0 Å². The van der Waals surface area contributed by atoms with E-state index < -0.39 is 32.4 Å². The molecule has 1 aromatic carbocycles. The molecule has 3 atom stereocenters. The molecule has 2 rings (SSSR count). The van der Waals surface area contributed by atoms with Gasteiger partial charge in [-0.05, 0) is 24.5 Å². The molecule has 0 spiro atoms.